The zero-order chi connectivity index (χ0) is 19.4. The van der Waals surface area contributed by atoms with E-state index >= 15 is 0 Å². The van der Waals surface area contributed by atoms with Crippen molar-refractivity contribution < 1.29 is 19.1 Å². The lowest BCUT2D eigenvalue weighted by molar-refractivity contribution is -0.124. The van der Waals surface area contributed by atoms with Gasteiger partial charge < -0.3 is 15.4 Å². The minimum absolute atomic E-state index is 0.239. The maximum atomic E-state index is 12.7. The van der Waals surface area contributed by atoms with Crippen LogP contribution in [-0.4, -0.2) is 40.4 Å². The van der Waals surface area contributed by atoms with Crippen LogP contribution >= 0.6 is 0 Å². The maximum Gasteiger partial charge on any atom is 0.337 e. The number of rotatable bonds is 6. The number of esters is 1. The van der Waals surface area contributed by atoms with E-state index < -0.39 is 11.5 Å². The van der Waals surface area contributed by atoms with Crippen molar-refractivity contribution in [1.29, 1.82) is 0 Å². The predicted octanol–water partition coefficient (Wildman–Crippen LogP) is 1.40. The number of carbonyl (C=O) groups is 3. The molecule has 27 heavy (non-hydrogen) atoms. The fourth-order valence-electron chi connectivity index (χ4n) is 2.68. The van der Waals surface area contributed by atoms with E-state index in [1.54, 1.807) is 24.3 Å². The van der Waals surface area contributed by atoms with Crippen molar-refractivity contribution >= 4 is 17.8 Å². The normalized spacial score (nSPS) is 15.3. The number of carbonyl (C=O) groups excluding carboxylic acids is 3. The van der Waals surface area contributed by atoms with Gasteiger partial charge in [0.15, 0.2) is 0 Å². The first-order chi connectivity index (χ1) is 12.9. The molecule has 140 valence electrons. The number of hydrogen-bond acceptors (Lipinski definition) is 6. The molecule has 2 aromatic rings. The third kappa shape index (κ3) is 4.11. The van der Waals surface area contributed by atoms with Crippen LogP contribution in [-0.2, 0) is 9.53 Å². The summed E-state index contributed by atoms with van der Waals surface area (Å²) in [5, 5.41) is 5.70. The average Bonchev–Trinajstić information content (AvgIpc) is 3.48. The second-order valence-electron chi connectivity index (χ2n) is 6.47. The Labute approximate surface area is 156 Å². The largest absolute Gasteiger partial charge is 0.465 e. The number of nitrogens with one attached hydrogen (secondary N) is 2. The Balaban J connectivity index is 1.62. The Morgan fingerprint density at radius 2 is 1.70 bits per heavy atom. The van der Waals surface area contributed by atoms with Crippen LogP contribution in [0.3, 0.4) is 0 Å². The molecule has 1 unspecified atom stereocenters. The molecule has 0 aliphatic heterocycles. The summed E-state index contributed by atoms with van der Waals surface area (Å²) in [7, 11) is 1.32. The van der Waals surface area contributed by atoms with Gasteiger partial charge in [-0.25, -0.2) is 14.8 Å². The zero-order valence-corrected chi connectivity index (χ0v) is 15.1. The molecule has 8 heteroatoms. The summed E-state index contributed by atoms with van der Waals surface area (Å²) in [4.78, 5) is 44.1. The molecule has 1 aliphatic carbocycles. The third-order valence-electron chi connectivity index (χ3n) is 4.54. The van der Waals surface area contributed by atoms with Crippen molar-refractivity contribution in [3.05, 3.63) is 59.7 Å². The summed E-state index contributed by atoms with van der Waals surface area (Å²) in [6.45, 7) is 1.84. The molecular formula is C19H20N4O4. The van der Waals surface area contributed by atoms with Crippen LogP contribution in [0.2, 0.25) is 0 Å². The molecule has 8 nitrogen and oxygen atoms in total. The van der Waals surface area contributed by atoms with Crippen LogP contribution in [0.4, 0.5) is 0 Å². The van der Waals surface area contributed by atoms with Crippen LogP contribution in [0, 0.1) is 0 Å². The molecule has 1 fully saturated rings. The molecule has 1 aromatic heterocycles. The molecule has 1 atom stereocenters. The first-order valence-corrected chi connectivity index (χ1v) is 8.52. The number of nitrogens with zero attached hydrogens (tertiary/aromatic N) is 2. The molecule has 1 aliphatic rings. The van der Waals surface area contributed by atoms with E-state index in [-0.39, 0.29) is 17.9 Å². The molecule has 0 radical (unpaired) electrons. The second-order valence-corrected chi connectivity index (χ2v) is 6.47. The van der Waals surface area contributed by atoms with Gasteiger partial charge in [0, 0.05) is 12.4 Å². The van der Waals surface area contributed by atoms with Gasteiger partial charge in [-0.1, -0.05) is 12.1 Å². The lowest BCUT2D eigenvalue weighted by atomic mass is 10.1. The number of hydrogen-bond donors (Lipinski definition) is 2. The molecular weight excluding hydrogens is 348 g/mol. The van der Waals surface area contributed by atoms with Gasteiger partial charge in [0.1, 0.15) is 11.9 Å². The number of aromatic nitrogens is 2. The van der Waals surface area contributed by atoms with Crippen molar-refractivity contribution in [2.75, 3.05) is 7.11 Å². The Kier molecular flexibility index (Phi) is 5.16. The van der Waals surface area contributed by atoms with Gasteiger partial charge >= 0.3 is 5.97 Å². The topological polar surface area (TPSA) is 110 Å². The Morgan fingerprint density at radius 1 is 1.07 bits per heavy atom. The number of benzene rings is 1. The first-order valence-electron chi connectivity index (χ1n) is 8.52. The van der Waals surface area contributed by atoms with Crippen LogP contribution in [0.25, 0.3) is 0 Å². The molecule has 0 bridgehead atoms. The van der Waals surface area contributed by atoms with Gasteiger partial charge in [0.05, 0.1) is 24.3 Å². The van der Waals surface area contributed by atoms with Gasteiger partial charge in [-0.3, -0.25) is 9.59 Å². The number of ether oxygens (including phenoxy) is 1. The first kappa shape index (κ1) is 18.5. The summed E-state index contributed by atoms with van der Waals surface area (Å²) >= 11 is 0. The van der Waals surface area contributed by atoms with Gasteiger partial charge in [-0.15, -0.1) is 0 Å². The standard InChI is InChI=1S/C19H20N4O4/c1-12(13-3-5-14(6-4-13)17(25)27-2)22-18(26)19(7-8-19)23-16(24)15-9-20-11-21-10-15/h3-6,9-12H,7-8H2,1-2H3,(H,22,26)(H,23,24). The summed E-state index contributed by atoms with van der Waals surface area (Å²) in [5.41, 5.74) is 0.695. The van der Waals surface area contributed by atoms with E-state index in [1.165, 1.54) is 25.8 Å². The molecule has 2 N–H and O–H groups in total. The molecule has 2 amide bonds. The summed E-state index contributed by atoms with van der Waals surface area (Å²) < 4.78 is 4.67. The second kappa shape index (κ2) is 7.53. The number of methoxy groups -OCH3 is 1. The van der Waals surface area contributed by atoms with Gasteiger partial charge in [0.2, 0.25) is 5.91 Å². The molecule has 3 rings (SSSR count). The zero-order valence-electron chi connectivity index (χ0n) is 15.1. The molecule has 0 spiro atoms. The van der Waals surface area contributed by atoms with Crippen LogP contribution in [0.5, 0.6) is 0 Å². The lowest BCUT2D eigenvalue weighted by Crippen LogP contribution is -2.49. The van der Waals surface area contributed by atoms with Crippen molar-refractivity contribution in [3.63, 3.8) is 0 Å². The highest BCUT2D eigenvalue weighted by Crippen LogP contribution is 2.36. The smallest absolute Gasteiger partial charge is 0.337 e. The van der Waals surface area contributed by atoms with Gasteiger partial charge in [0.25, 0.3) is 5.91 Å². The van der Waals surface area contributed by atoms with Crippen LogP contribution in [0.1, 0.15) is 52.1 Å². The highest BCUT2D eigenvalue weighted by atomic mass is 16.5. The third-order valence-corrected chi connectivity index (χ3v) is 4.54. The monoisotopic (exact) mass is 368 g/mol. The van der Waals surface area contributed by atoms with E-state index in [2.05, 4.69) is 25.3 Å². The van der Waals surface area contributed by atoms with E-state index in [4.69, 9.17) is 0 Å². The van der Waals surface area contributed by atoms with Crippen LogP contribution in [0.15, 0.2) is 43.0 Å². The average molecular weight is 368 g/mol. The van der Waals surface area contributed by atoms with E-state index in [1.807, 2.05) is 6.92 Å². The quantitative estimate of drug-likeness (QED) is 0.746. The molecule has 1 heterocycles. The van der Waals surface area contributed by atoms with E-state index in [0.717, 1.165) is 5.56 Å². The highest BCUT2D eigenvalue weighted by molar-refractivity contribution is 6.00. The minimum atomic E-state index is -0.896. The highest BCUT2D eigenvalue weighted by Gasteiger charge is 2.51. The Morgan fingerprint density at radius 3 is 2.26 bits per heavy atom. The van der Waals surface area contributed by atoms with Crippen molar-refractivity contribution in [1.82, 2.24) is 20.6 Å². The predicted molar refractivity (Wildman–Crippen MR) is 95.8 cm³/mol. The molecule has 1 saturated carbocycles. The Hall–Kier alpha value is -3.29. The van der Waals surface area contributed by atoms with Crippen molar-refractivity contribution in [2.24, 2.45) is 0 Å². The number of amides is 2. The maximum absolute atomic E-state index is 12.7. The summed E-state index contributed by atoms with van der Waals surface area (Å²) in [5.74, 6) is -1.03. The SMILES string of the molecule is COC(=O)c1ccc(C(C)NC(=O)C2(NC(=O)c3cncnc3)CC2)cc1. The Bertz CT molecular complexity index is 848. The molecule has 1 aromatic carbocycles. The van der Waals surface area contributed by atoms with Gasteiger partial charge in [-0.05, 0) is 37.5 Å². The van der Waals surface area contributed by atoms with Crippen LogP contribution < -0.4 is 10.6 Å². The minimum Gasteiger partial charge on any atom is -0.465 e. The lowest BCUT2D eigenvalue weighted by Gasteiger charge is -2.21. The van der Waals surface area contributed by atoms with Crippen molar-refractivity contribution in [3.8, 4) is 0 Å². The van der Waals surface area contributed by atoms with E-state index in [0.29, 0.717) is 24.0 Å². The fraction of sp³-hybridized carbons (Fsp3) is 0.316. The summed E-state index contributed by atoms with van der Waals surface area (Å²) in [6, 6.07) is 6.54. The van der Waals surface area contributed by atoms with E-state index in [9.17, 15) is 14.4 Å². The van der Waals surface area contributed by atoms with Gasteiger partial charge in [-0.2, -0.15) is 0 Å². The fourth-order valence-corrected chi connectivity index (χ4v) is 2.68. The summed E-state index contributed by atoms with van der Waals surface area (Å²) in [6.07, 6.45) is 5.30. The van der Waals surface area contributed by atoms with Crippen molar-refractivity contribution in [2.45, 2.75) is 31.3 Å². The molecule has 0 saturated heterocycles.